The van der Waals surface area contributed by atoms with Crippen molar-refractivity contribution in [2.45, 2.75) is 52.1 Å². The lowest BCUT2D eigenvalue weighted by Crippen LogP contribution is -2.41. The number of likely N-dealkylation sites (tertiary alicyclic amines) is 1. The van der Waals surface area contributed by atoms with Crippen molar-refractivity contribution in [1.82, 2.24) is 15.1 Å². The van der Waals surface area contributed by atoms with Crippen LogP contribution in [0, 0.1) is 5.92 Å². The summed E-state index contributed by atoms with van der Waals surface area (Å²) in [6, 6.07) is 17.6. The van der Waals surface area contributed by atoms with Gasteiger partial charge in [-0.2, -0.15) is 5.10 Å². The number of carbonyl (C=O) groups is 2. The summed E-state index contributed by atoms with van der Waals surface area (Å²) in [5, 5.41) is 19.7. The number of amides is 1. The van der Waals surface area contributed by atoms with Crippen LogP contribution in [-0.2, 0) is 11.2 Å². The maximum absolute atomic E-state index is 12.2. The molecule has 1 aromatic heterocycles. The van der Waals surface area contributed by atoms with Gasteiger partial charge in [-0.25, -0.2) is 9.59 Å². The molecule has 2 heterocycles. The number of nitrogens with one attached hydrogen (secondary N) is 1. The van der Waals surface area contributed by atoms with Crippen LogP contribution in [0.1, 0.15) is 61.6 Å². The molecule has 9 heteroatoms. The first-order valence-electron chi connectivity index (χ1n) is 13.3. The summed E-state index contributed by atoms with van der Waals surface area (Å²) in [6.07, 6.45) is 4.91. The van der Waals surface area contributed by atoms with Gasteiger partial charge < -0.3 is 24.8 Å². The molecule has 0 unspecified atom stereocenters. The highest BCUT2D eigenvalue weighted by Crippen LogP contribution is 2.24. The smallest absolute Gasteiger partial charge is 0.410 e. The zero-order chi connectivity index (χ0) is 27.8. The van der Waals surface area contributed by atoms with Crippen LogP contribution in [-0.4, -0.2) is 57.6 Å². The molecular weight excluding hydrogens is 496 g/mol. The molecule has 0 radical (unpaired) electrons. The van der Waals surface area contributed by atoms with E-state index < -0.39 is 11.6 Å². The third kappa shape index (κ3) is 8.43. The molecular formula is C30H36N4O5. The van der Waals surface area contributed by atoms with E-state index in [9.17, 15) is 14.7 Å². The van der Waals surface area contributed by atoms with Crippen molar-refractivity contribution < 1.29 is 24.2 Å². The summed E-state index contributed by atoms with van der Waals surface area (Å²) in [7, 11) is 0. The lowest BCUT2D eigenvalue weighted by molar-refractivity contribution is 0.0177. The highest BCUT2D eigenvalue weighted by molar-refractivity contribution is 5.92. The number of carboxylic acid groups (broad SMARTS) is 1. The summed E-state index contributed by atoms with van der Waals surface area (Å²) in [6.45, 7) is 7.79. The summed E-state index contributed by atoms with van der Waals surface area (Å²) in [5.74, 6) is 0.269. The average Bonchev–Trinajstić information content (AvgIpc) is 2.90. The normalized spacial score (nSPS) is 14.1. The van der Waals surface area contributed by atoms with Gasteiger partial charge in [0.05, 0.1) is 18.5 Å². The first-order chi connectivity index (χ1) is 18.7. The average molecular weight is 533 g/mol. The predicted molar refractivity (Wildman–Crippen MR) is 149 cm³/mol. The van der Waals surface area contributed by atoms with E-state index in [4.69, 9.17) is 9.47 Å². The molecule has 1 aliphatic rings. The number of nitrogens with zero attached hydrogens (tertiary/aromatic N) is 3. The van der Waals surface area contributed by atoms with Crippen LogP contribution in [0.4, 0.5) is 16.2 Å². The molecule has 0 saturated carbocycles. The van der Waals surface area contributed by atoms with Gasteiger partial charge in [-0.05, 0) is 93.8 Å². The lowest BCUT2D eigenvalue weighted by Gasteiger charge is -2.33. The van der Waals surface area contributed by atoms with Crippen molar-refractivity contribution in [1.29, 1.82) is 0 Å². The molecule has 0 atom stereocenters. The van der Waals surface area contributed by atoms with Crippen LogP contribution in [0.15, 0.2) is 60.8 Å². The van der Waals surface area contributed by atoms with Crippen LogP contribution in [0.5, 0.6) is 5.75 Å². The van der Waals surface area contributed by atoms with Gasteiger partial charge in [0, 0.05) is 18.8 Å². The summed E-state index contributed by atoms with van der Waals surface area (Å²) in [4.78, 5) is 25.4. The fraction of sp³-hybridized carbons (Fsp3) is 0.400. The van der Waals surface area contributed by atoms with E-state index in [1.807, 2.05) is 57.2 Å². The number of carboxylic acids is 1. The largest absolute Gasteiger partial charge is 0.494 e. The SMILES string of the molecule is CC(C)(C)OC(=O)N1CCC(CCOc2ccc(Cc3ccc(Nc4ccnnc4C(=O)O)cc3)cc2)CC1. The van der Waals surface area contributed by atoms with E-state index in [1.54, 1.807) is 11.0 Å². The van der Waals surface area contributed by atoms with Gasteiger partial charge in [0.25, 0.3) is 0 Å². The number of carbonyl (C=O) groups excluding carboxylic acids is 1. The Morgan fingerprint density at radius 1 is 1.00 bits per heavy atom. The summed E-state index contributed by atoms with van der Waals surface area (Å²) < 4.78 is 11.5. The standard InChI is InChI=1S/C30H36N4O5/c1-30(2,3)39-29(37)34-17-13-21(14-18-34)15-19-38-25-10-6-23(7-11-25)20-22-4-8-24(9-5-22)32-26-12-16-31-33-27(26)28(35)36/h4-12,16,21H,13-15,17-20H2,1-3H3,(H,31,32)(H,35,36). The number of hydrogen-bond donors (Lipinski definition) is 2. The molecule has 1 aliphatic heterocycles. The maximum Gasteiger partial charge on any atom is 0.410 e. The van der Waals surface area contributed by atoms with E-state index in [0.717, 1.165) is 55.8 Å². The van der Waals surface area contributed by atoms with Gasteiger partial charge in [0.2, 0.25) is 0 Å². The van der Waals surface area contributed by atoms with Gasteiger partial charge in [0.1, 0.15) is 11.4 Å². The predicted octanol–water partition coefficient (Wildman–Crippen LogP) is 5.93. The highest BCUT2D eigenvalue weighted by atomic mass is 16.6. The van der Waals surface area contributed by atoms with Crippen molar-refractivity contribution in [2.24, 2.45) is 5.92 Å². The molecule has 1 amide bonds. The number of aromatic carboxylic acids is 1. The van der Waals surface area contributed by atoms with Crippen molar-refractivity contribution in [3.8, 4) is 5.75 Å². The van der Waals surface area contributed by atoms with Gasteiger partial charge in [0.15, 0.2) is 5.69 Å². The number of benzene rings is 2. The Morgan fingerprint density at radius 2 is 1.64 bits per heavy atom. The Bertz CT molecular complexity index is 1250. The van der Waals surface area contributed by atoms with Crippen molar-refractivity contribution in [2.75, 3.05) is 25.0 Å². The van der Waals surface area contributed by atoms with Crippen molar-refractivity contribution in [3.05, 3.63) is 77.6 Å². The number of ether oxygens (including phenoxy) is 2. The van der Waals surface area contributed by atoms with E-state index in [0.29, 0.717) is 18.2 Å². The zero-order valence-corrected chi connectivity index (χ0v) is 22.7. The number of piperidine rings is 1. The number of hydrogen-bond acceptors (Lipinski definition) is 7. The minimum absolute atomic E-state index is 0.118. The molecule has 2 N–H and O–H groups in total. The van der Waals surface area contributed by atoms with Crippen LogP contribution < -0.4 is 10.1 Å². The van der Waals surface area contributed by atoms with Gasteiger partial charge in [-0.15, -0.1) is 5.10 Å². The Hall–Kier alpha value is -4.14. The lowest BCUT2D eigenvalue weighted by atomic mass is 9.94. The minimum atomic E-state index is -1.13. The zero-order valence-electron chi connectivity index (χ0n) is 22.7. The third-order valence-electron chi connectivity index (χ3n) is 6.55. The molecule has 4 rings (SSSR count). The Labute approximate surface area is 229 Å². The first-order valence-corrected chi connectivity index (χ1v) is 13.3. The second kappa shape index (κ2) is 12.6. The van der Waals surface area contributed by atoms with Gasteiger partial charge >= 0.3 is 12.1 Å². The molecule has 206 valence electrons. The van der Waals surface area contributed by atoms with E-state index >= 15 is 0 Å². The molecule has 0 spiro atoms. The third-order valence-corrected chi connectivity index (χ3v) is 6.55. The van der Waals surface area contributed by atoms with E-state index in [-0.39, 0.29) is 11.8 Å². The molecule has 3 aromatic rings. The van der Waals surface area contributed by atoms with Crippen LogP contribution in [0.25, 0.3) is 0 Å². The number of rotatable bonds is 9. The van der Waals surface area contributed by atoms with Gasteiger partial charge in [-0.1, -0.05) is 24.3 Å². The molecule has 1 fully saturated rings. The minimum Gasteiger partial charge on any atom is -0.494 e. The molecule has 0 aliphatic carbocycles. The second-order valence-corrected chi connectivity index (χ2v) is 10.8. The fourth-order valence-electron chi connectivity index (χ4n) is 4.47. The van der Waals surface area contributed by atoms with Gasteiger partial charge in [-0.3, -0.25) is 0 Å². The monoisotopic (exact) mass is 532 g/mol. The molecule has 0 bridgehead atoms. The first kappa shape index (κ1) is 27.9. The highest BCUT2D eigenvalue weighted by Gasteiger charge is 2.26. The molecule has 2 aromatic carbocycles. The van der Waals surface area contributed by atoms with Crippen molar-refractivity contribution >= 4 is 23.4 Å². The Balaban J connectivity index is 1.19. The quantitative estimate of drug-likeness (QED) is 0.349. The fourth-order valence-corrected chi connectivity index (χ4v) is 4.47. The van der Waals surface area contributed by atoms with E-state index in [2.05, 4.69) is 27.6 Å². The Kier molecular flexibility index (Phi) is 9.01. The molecule has 9 nitrogen and oxygen atoms in total. The second-order valence-electron chi connectivity index (χ2n) is 10.8. The number of anilines is 2. The maximum atomic E-state index is 12.2. The topological polar surface area (TPSA) is 114 Å². The van der Waals surface area contributed by atoms with Crippen LogP contribution in [0.2, 0.25) is 0 Å². The molecule has 1 saturated heterocycles. The van der Waals surface area contributed by atoms with E-state index in [1.165, 1.54) is 11.8 Å². The molecule has 39 heavy (non-hydrogen) atoms. The Morgan fingerprint density at radius 3 is 2.26 bits per heavy atom. The summed E-state index contributed by atoms with van der Waals surface area (Å²) in [5.41, 5.74) is 2.89. The van der Waals surface area contributed by atoms with Crippen molar-refractivity contribution in [3.63, 3.8) is 0 Å². The van der Waals surface area contributed by atoms with Crippen LogP contribution >= 0.6 is 0 Å². The number of aromatic nitrogens is 2. The van der Waals surface area contributed by atoms with Crippen LogP contribution in [0.3, 0.4) is 0 Å². The summed E-state index contributed by atoms with van der Waals surface area (Å²) >= 11 is 0.